The summed E-state index contributed by atoms with van der Waals surface area (Å²) in [5.41, 5.74) is 2.33. The van der Waals surface area contributed by atoms with Crippen LogP contribution in [0.5, 0.6) is 0 Å². The van der Waals surface area contributed by atoms with Crippen molar-refractivity contribution in [2.24, 2.45) is 0 Å². The molecule has 6 heteroatoms. The number of hydrogen-bond acceptors (Lipinski definition) is 4. The molecule has 0 spiro atoms. The Kier molecular flexibility index (Phi) is 4.96. The Balaban J connectivity index is 1.29. The van der Waals surface area contributed by atoms with E-state index in [1.807, 2.05) is 35.0 Å². The van der Waals surface area contributed by atoms with Crippen LogP contribution in [0.25, 0.3) is 0 Å². The Hall–Kier alpha value is -1.92. The van der Waals surface area contributed by atoms with E-state index in [0.29, 0.717) is 6.54 Å². The molecule has 0 aromatic heterocycles. The van der Waals surface area contributed by atoms with Crippen LogP contribution in [0.1, 0.15) is 18.4 Å². The number of rotatable bonds is 3. The van der Waals surface area contributed by atoms with Gasteiger partial charge >= 0.3 is 0 Å². The van der Waals surface area contributed by atoms with E-state index >= 15 is 0 Å². The van der Waals surface area contributed by atoms with Crippen LogP contribution in [-0.4, -0.2) is 85.4 Å². The molecule has 2 saturated heterocycles. The molecular formula is C20H28N4O2. The zero-order valence-corrected chi connectivity index (χ0v) is 15.6. The van der Waals surface area contributed by atoms with Crippen molar-refractivity contribution >= 4 is 17.5 Å². The number of fused-ring (bicyclic) bond motifs is 1. The number of benzene rings is 1. The Labute approximate surface area is 155 Å². The topological polar surface area (TPSA) is 47.1 Å². The first-order valence-corrected chi connectivity index (χ1v) is 9.73. The second kappa shape index (κ2) is 7.37. The van der Waals surface area contributed by atoms with Gasteiger partial charge in [0.1, 0.15) is 0 Å². The van der Waals surface area contributed by atoms with Gasteiger partial charge in [-0.25, -0.2) is 0 Å². The fourth-order valence-electron chi connectivity index (χ4n) is 4.43. The van der Waals surface area contributed by atoms with Gasteiger partial charge in [-0.15, -0.1) is 0 Å². The number of nitrogens with zero attached hydrogens (tertiary/aromatic N) is 4. The number of carbonyl (C=O) groups is 2. The third-order valence-corrected chi connectivity index (χ3v) is 6.04. The number of hydrogen-bond donors (Lipinski definition) is 0. The molecule has 3 heterocycles. The van der Waals surface area contributed by atoms with Gasteiger partial charge in [0, 0.05) is 38.4 Å². The summed E-state index contributed by atoms with van der Waals surface area (Å²) in [4.78, 5) is 33.7. The Morgan fingerprint density at radius 1 is 1.04 bits per heavy atom. The number of likely N-dealkylation sites (N-methyl/N-ethyl adjacent to an activating group) is 1. The number of amides is 2. The summed E-state index contributed by atoms with van der Waals surface area (Å²) >= 11 is 0. The molecule has 1 aromatic carbocycles. The lowest BCUT2D eigenvalue weighted by Gasteiger charge is -2.37. The van der Waals surface area contributed by atoms with Gasteiger partial charge < -0.3 is 9.80 Å². The molecule has 1 atom stereocenters. The van der Waals surface area contributed by atoms with Crippen molar-refractivity contribution in [2.75, 3.05) is 57.8 Å². The fourth-order valence-corrected chi connectivity index (χ4v) is 4.43. The van der Waals surface area contributed by atoms with Crippen molar-refractivity contribution in [3.8, 4) is 0 Å². The molecule has 1 unspecified atom stereocenters. The van der Waals surface area contributed by atoms with E-state index in [9.17, 15) is 9.59 Å². The lowest BCUT2D eigenvalue weighted by Crippen LogP contribution is -2.54. The van der Waals surface area contributed by atoms with E-state index in [0.717, 1.165) is 64.2 Å². The van der Waals surface area contributed by atoms with Crippen molar-refractivity contribution in [1.29, 1.82) is 0 Å². The van der Waals surface area contributed by atoms with Crippen LogP contribution < -0.4 is 4.90 Å². The standard InChI is InChI=1S/C20H28N4O2/c1-21-9-4-7-18(21)20(26)23-13-11-22(12-14-23)15-19(25)24-10-8-16-5-2-3-6-17(16)24/h2-3,5-6,18H,4,7-15H2,1H3. The van der Waals surface area contributed by atoms with Crippen molar-refractivity contribution in [2.45, 2.75) is 25.3 Å². The fraction of sp³-hybridized carbons (Fsp3) is 0.600. The van der Waals surface area contributed by atoms with E-state index in [2.05, 4.69) is 15.9 Å². The molecule has 2 amide bonds. The highest BCUT2D eigenvalue weighted by Gasteiger charge is 2.33. The van der Waals surface area contributed by atoms with E-state index in [-0.39, 0.29) is 17.9 Å². The number of para-hydroxylation sites is 1. The molecule has 4 rings (SSSR count). The highest BCUT2D eigenvalue weighted by molar-refractivity contribution is 5.96. The van der Waals surface area contributed by atoms with Gasteiger partial charge in [0.05, 0.1) is 12.6 Å². The smallest absolute Gasteiger partial charge is 0.241 e. The van der Waals surface area contributed by atoms with Gasteiger partial charge in [-0.1, -0.05) is 18.2 Å². The lowest BCUT2D eigenvalue weighted by molar-refractivity contribution is -0.137. The van der Waals surface area contributed by atoms with Crippen LogP contribution >= 0.6 is 0 Å². The normalized spacial score (nSPS) is 24.1. The third-order valence-electron chi connectivity index (χ3n) is 6.04. The first-order chi connectivity index (χ1) is 12.6. The van der Waals surface area contributed by atoms with E-state index in [4.69, 9.17) is 0 Å². The minimum Gasteiger partial charge on any atom is -0.339 e. The third kappa shape index (κ3) is 3.35. The summed E-state index contributed by atoms with van der Waals surface area (Å²) in [6, 6.07) is 8.23. The molecule has 1 aromatic rings. The van der Waals surface area contributed by atoms with Gasteiger partial charge in [0.15, 0.2) is 0 Å². The predicted molar refractivity (Wildman–Crippen MR) is 101 cm³/mol. The maximum atomic E-state index is 12.7. The van der Waals surface area contributed by atoms with Crippen LogP contribution in [0.2, 0.25) is 0 Å². The molecule has 0 saturated carbocycles. The van der Waals surface area contributed by atoms with Gasteiger partial charge in [-0.2, -0.15) is 0 Å². The van der Waals surface area contributed by atoms with E-state index in [1.165, 1.54) is 5.56 Å². The SMILES string of the molecule is CN1CCCC1C(=O)N1CCN(CC(=O)N2CCc3ccccc32)CC1. The maximum absolute atomic E-state index is 12.7. The second-order valence-electron chi connectivity index (χ2n) is 7.66. The highest BCUT2D eigenvalue weighted by Crippen LogP contribution is 2.27. The van der Waals surface area contributed by atoms with Crippen LogP contribution in [0, 0.1) is 0 Å². The van der Waals surface area contributed by atoms with Gasteiger partial charge in [0.2, 0.25) is 11.8 Å². The van der Waals surface area contributed by atoms with Crippen LogP contribution in [0.3, 0.4) is 0 Å². The van der Waals surface area contributed by atoms with Gasteiger partial charge in [-0.05, 0) is 44.5 Å². The Morgan fingerprint density at radius 2 is 1.81 bits per heavy atom. The van der Waals surface area contributed by atoms with Crippen molar-refractivity contribution in [3.05, 3.63) is 29.8 Å². The molecule has 26 heavy (non-hydrogen) atoms. The number of piperazine rings is 1. The first-order valence-electron chi connectivity index (χ1n) is 9.73. The minimum atomic E-state index is 0.0595. The molecule has 3 aliphatic heterocycles. The minimum absolute atomic E-state index is 0.0595. The summed E-state index contributed by atoms with van der Waals surface area (Å²) in [5, 5.41) is 0. The van der Waals surface area contributed by atoms with Crippen LogP contribution in [-0.2, 0) is 16.0 Å². The molecule has 0 radical (unpaired) electrons. The molecule has 2 fully saturated rings. The summed E-state index contributed by atoms with van der Waals surface area (Å²) in [6.45, 7) is 5.26. The quantitative estimate of drug-likeness (QED) is 0.804. The van der Waals surface area contributed by atoms with Crippen molar-refractivity contribution in [3.63, 3.8) is 0 Å². The molecule has 0 aliphatic carbocycles. The Morgan fingerprint density at radius 3 is 2.54 bits per heavy atom. The molecule has 140 valence electrons. The summed E-state index contributed by atoms with van der Waals surface area (Å²) < 4.78 is 0. The average Bonchev–Trinajstić information content (AvgIpc) is 3.28. The zero-order valence-electron chi connectivity index (χ0n) is 15.6. The first kappa shape index (κ1) is 17.5. The molecule has 6 nitrogen and oxygen atoms in total. The number of likely N-dealkylation sites (tertiary alicyclic amines) is 1. The summed E-state index contributed by atoms with van der Waals surface area (Å²) in [5.74, 6) is 0.440. The monoisotopic (exact) mass is 356 g/mol. The second-order valence-corrected chi connectivity index (χ2v) is 7.66. The molecular weight excluding hydrogens is 328 g/mol. The Bertz CT molecular complexity index is 684. The molecule has 3 aliphatic rings. The molecule has 0 bridgehead atoms. The summed E-state index contributed by atoms with van der Waals surface area (Å²) in [7, 11) is 2.04. The summed E-state index contributed by atoms with van der Waals surface area (Å²) in [6.07, 6.45) is 3.03. The van der Waals surface area contributed by atoms with E-state index < -0.39 is 0 Å². The average molecular weight is 356 g/mol. The van der Waals surface area contributed by atoms with Gasteiger partial charge in [0.25, 0.3) is 0 Å². The van der Waals surface area contributed by atoms with Crippen LogP contribution in [0.15, 0.2) is 24.3 Å². The van der Waals surface area contributed by atoms with Crippen molar-refractivity contribution < 1.29 is 9.59 Å². The van der Waals surface area contributed by atoms with Crippen molar-refractivity contribution in [1.82, 2.24) is 14.7 Å². The number of anilines is 1. The largest absolute Gasteiger partial charge is 0.339 e. The van der Waals surface area contributed by atoms with Crippen LogP contribution in [0.4, 0.5) is 5.69 Å². The predicted octanol–water partition coefficient (Wildman–Crippen LogP) is 0.814. The highest BCUT2D eigenvalue weighted by atomic mass is 16.2. The van der Waals surface area contributed by atoms with E-state index in [1.54, 1.807) is 0 Å². The zero-order chi connectivity index (χ0) is 18.1. The van der Waals surface area contributed by atoms with Gasteiger partial charge in [-0.3, -0.25) is 19.4 Å². The lowest BCUT2D eigenvalue weighted by atomic mass is 10.1. The number of carbonyl (C=O) groups excluding carboxylic acids is 2. The molecule has 0 N–H and O–H groups in total. The maximum Gasteiger partial charge on any atom is 0.241 e.